The van der Waals surface area contributed by atoms with E-state index in [0.717, 1.165) is 23.8 Å². The molecular formula is C13H23N5OS. The molecule has 20 heavy (non-hydrogen) atoms. The van der Waals surface area contributed by atoms with E-state index in [0.29, 0.717) is 25.0 Å². The van der Waals surface area contributed by atoms with Gasteiger partial charge in [-0.15, -0.1) is 10.2 Å². The van der Waals surface area contributed by atoms with Gasteiger partial charge in [0.05, 0.1) is 11.8 Å². The first kappa shape index (κ1) is 15.3. The van der Waals surface area contributed by atoms with Gasteiger partial charge in [0.15, 0.2) is 5.16 Å². The molecule has 2 rings (SSSR count). The summed E-state index contributed by atoms with van der Waals surface area (Å²) in [6.07, 6.45) is 2.29. The normalized spacial score (nSPS) is 16.4. The van der Waals surface area contributed by atoms with E-state index < -0.39 is 0 Å². The SMILES string of the molecule is CC(C)CNC(=O)C(C)Sc1nnc(CN)n1C1CC1. The van der Waals surface area contributed by atoms with E-state index in [2.05, 4.69) is 33.9 Å². The summed E-state index contributed by atoms with van der Waals surface area (Å²) in [6.45, 7) is 7.14. The van der Waals surface area contributed by atoms with Crippen LogP contribution in [0.3, 0.4) is 0 Å². The monoisotopic (exact) mass is 297 g/mol. The molecule has 1 heterocycles. The Morgan fingerprint density at radius 3 is 2.70 bits per heavy atom. The number of nitrogens with two attached hydrogens (primary N) is 1. The van der Waals surface area contributed by atoms with Crippen molar-refractivity contribution in [2.45, 2.75) is 56.6 Å². The van der Waals surface area contributed by atoms with Gasteiger partial charge in [0.1, 0.15) is 5.82 Å². The van der Waals surface area contributed by atoms with Crippen molar-refractivity contribution >= 4 is 17.7 Å². The van der Waals surface area contributed by atoms with E-state index in [1.54, 1.807) is 0 Å². The number of nitrogens with zero attached hydrogens (tertiary/aromatic N) is 3. The number of rotatable bonds is 7. The molecule has 1 atom stereocenters. The Hall–Kier alpha value is -1.08. The van der Waals surface area contributed by atoms with Crippen LogP contribution in [0.25, 0.3) is 0 Å². The molecule has 1 amide bonds. The third-order valence-electron chi connectivity index (χ3n) is 3.17. The molecular weight excluding hydrogens is 274 g/mol. The van der Waals surface area contributed by atoms with E-state index in [4.69, 9.17) is 5.73 Å². The van der Waals surface area contributed by atoms with Gasteiger partial charge in [-0.3, -0.25) is 4.79 Å². The predicted octanol–water partition coefficient (Wildman–Crippen LogP) is 1.32. The number of nitrogens with one attached hydrogen (secondary N) is 1. The fraction of sp³-hybridized carbons (Fsp3) is 0.769. The molecule has 1 aliphatic carbocycles. The largest absolute Gasteiger partial charge is 0.355 e. The molecule has 1 aromatic heterocycles. The summed E-state index contributed by atoms with van der Waals surface area (Å²) in [6, 6.07) is 0.469. The number of thioether (sulfide) groups is 1. The first-order chi connectivity index (χ1) is 9.52. The Morgan fingerprint density at radius 1 is 1.45 bits per heavy atom. The molecule has 1 aliphatic rings. The number of hydrogen-bond acceptors (Lipinski definition) is 5. The standard InChI is InChI=1S/C13H23N5OS/c1-8(2)7-15-12(19)9(3)20-13-17-16-11(6-14)18(13)10-4-5-10/h8-10H,4-7,14H2,1-3H3,(H,15,19). The minimum absolute atomic E-state index is 0.0448. The van der Waals surface area contributed by atoms with E-state index in [-0.39, 0.29) is 11.2 Å². The molecule has 112 valence electrons. The van der Waals surface area contributed by atoms with Crippen LogP contribution in [-0.4, -0.2) is 32.5 Å². The molecule has 7 heteroatoms. The second kappa shape index (κ2) is 6.58. The van der Waals surface area contributed by atoms with Gasteiger partial charge in [0, 0.05) is 12.6 Å². The summed E-state index contributed by atoms with van der Waals surface area (Å²) >= 11 is 1.46. The van der Waals surface area contributed by atoms with Crippen molar-refractivity contribution in [1.29, 1.82) is 0 Å². The van der Waals surface area contributed by atoms with Gasteiger partial charge >= 0.3 is 0 Å². The minimum atomic E-state index is -0.180. The Bertz CT molecular complexity index is 469. The third-order valence-corrected chi connectivity index (χ3v) is 4.22. The Morgan fingerprint density at radius 2 is 2.15 bits per heavy atom. The van der Waals surface area contributed by atoms with Crippen molar-refractivity contribution in [3.8, 4) is 0 Å². The van der Waals surface area contributed by atoms with Gasteiger partial charge in [-0.1, -0.05) is 25.6 Å². The molecule has 3 N–H and O–H groups in total. The van der Waals surface area contributed by atoms with Crippen LogP contribution in [-0.2, 0) is 11.3 Å². The second-order valence-electron chi connectivity index (χ2n) is 5.60. The van der Waals surface area contributed by atoms with Gasteiger partial charge in [-0.2, -0.15) is 0 Å². The van der Waals surface area contributed by atoms with Gasteiger partial charge in [-0.05, 0) is 25.7 Å². The lowest BCUT2D eigenvalue weighted by Gasteiger charge is -2.14. The molecule has 1 saturated carbocycles. The number of carbonyl (C=O) groups is 1. The highest BCUT2D eigenvalue weighted by atomic mass is 32.2. The lowest BCUT2D eigenvalue weighted by Crippen LogP contribution is -2.33. The summed E-state index contributed by atoms with van der Waals surface area (Å²) in [5.41, 5.74) is 5.69. The smallest absolute Gasteiger partial charge is 0.233 e. The van der Waals surface area contributed by atoms with Crippen molar-refractivity contribution in [1.82, 2.24) is 20.1 Å². The van der Waals surface area contributed by atoms with Crippen molar-refractivity contribution < 1.29 is 4.79 Å². The van der Waals surface area contributed by atoms with Crippen LogP contribution in [0.4, 0.5) is 0 Å². The van der Waals surface area contributed by atoms with Gasteiger partial charge in [0.25, 0.3) is 0 Å². The summed E-state index contributed by atoms with van der Waals surface area (Å²) in [7, 11) is 0. The van der Waals surface area contributed by atoms with Crippen molar-refractivity contribution in [3.63, 3.8) is 0 Å². The minimum Gasteiger partial charge on any atom is -0.355 e. The average molecular weight is 297 g/mol. The zero-order chi connectivity index (χ0) is 14.7. The molecule has 0 saturated heterocycles. The first-order valence-corrected chi connectivity index (χ1v) is 7.99. The van der Waals surface area contributed by atoms with Gasteiger partial charge < -0.3 is 15.6 Å². The van der Waals surface area contributed by atoms with E-state index in [1.165, 1.54) is 11.8 Å². The summed E-state index contributed by atoms with van der Waals surface area (Å²) in [5, 5.41) is 11.9. The van der Waals surface area contributed by atoms with Crippen molar-refractivity contribution in [2.75, 3.05) is 6.54 Å². The second-order valence-corrected chi connectivity index (χ2v) is 6.91. The molecule has 1 fully saturated rings. The summed E-state index contributed by atoms with van der Waals surface area (Å²) in [5.74, 6) is 1.31. The maximum absolute atomic E-state index is 12.0. The molecule has 0 aliphatic heterocycles. The molecule has 0 spiro atoms. The van der Waals surface area contributed by atoms with Gasteiger partial charge in [0.2, 0.25) is 5.91 Å². The van der Waals surface area contributed by atoms with Crippen LogP contribution in [0.5, 0.6) is 0 Å². The zero-order valence-electron chi connectivity index (χ0n) is 12.3. The summed E-state index contributed by atoms with van der Waals surface area (Å²) in [4.78, 5) is 12.0. The van der Waals surface area contributed by atoms with Crippen LogP contribution in [0.15, 0.2) is 5.16 Å². The molecule has 0 radical (unpaired) electrons. The van der Waals surface area contributed by atoms with Crippen LogP contribution in [0, 0.1) is 5.92 Å². The van der Waals surface area contributed by atoms with Crippen LogP contribution in [0.1, 0.15) is 45.5 Å². The highest BCUT2D eigenvalue weighted by Gasteiger charge is 2.30. The lowest BCUT2D eigenvalue weighted by molar-refractivity contribution is -0.120. The molecule has 0 bridgehead atoms. The molecule has 1 aromatic rings. The number of hydrogen-bond donors (Lipinski definition) is 2. The fourth-order valence-corrected chi connectivity index (χ4v) is 2.85. The maximum atomic E-state index is 12.0. The lowest BCUT2D eigenvalue weighted by atomic mass is 10.2. The molecule has 6 nitrogen and oxygen atoms in total. The van der Waals surface area contributed by atoms with Crippen molar-refractivity contribution in [2.24, 2.45) is 11.7 Å². The highest BCUT2D eigenvalue weighted by molar-refractivity contribution is 8.00. The quantitative estimate of drug-likeness (QED) is 0.741. The number of carbonyl (C=O) groups excluding carboxylic acids is 1. The van der Waals surface area contributed by atoms with E-state index >= 15 is 0 Å². The molecule has 1 unspecified atom stereocenters. The third kappa shape index (κ3) is 3.73. The number of aromatic nitrogens is 3. The highest BCUT2D eigenvalue weighted by Crippen LogP contribution is 2.39. The van der Waals surface area contributed by atoms with Crippen molar-refractivity contribution in [3.05, 3.63) is 5.82 Å². The van der Waals surface area contributed by atoms with Crippen LogP contribution < -0.4 is 11.1 Å². The topological polar surface area (TPSA) is 85.8 Å². The first-order valence-electron chi connectivity index (χ1n) is 7.11. The maximum Gasteiger partial charge on any atom is 0.233 e. The Kier molecular flexibility index (Phi) is 5.04. The Balaban J connectivity index is 1.98. The molecule has 0 aromatic carbocycles. The van der Waals surface area contributed by atoms with Gasteiger partial charge in [-0.25, -0.2) is 0 Å². The predicted molar refractivity (Wildman–Crippen MR) is 79.4 cm³/mol. The number of amides is 1. The average Bonchev–Trinajstić information content (AvgIpc) is 3.17. The fourth-order valence-electron chi connectivity index (χ4n) is 1.89. The summed E-state index contributed by atoms with van der Waals surface area (Å²) < 4.78 is 2.09. The van der Waals surface area contributed by atoms with E-state index in [1.807, 2.05) is 6.92 Å². The zero-order valence-corrected chi connectivity index (χ0v) is 13.1. The van der Waals surface area contributed by atoms with Crippen LogP contribution >= 0.6 is 11.8 Å². The van der Waals surface area contributed by atoms with E-state index in [9.17, 15) is 4.79 Å². The Labute approximate surface area is 123 Å². The van der Waals surface area contributed by atoms with Crippen LogP contribution in [0.2, 0.25) is 0 Å².